The minimum absolute atomic E-state index is 0.0179. The topological polar surface area (TPSA) is 86.8 Å². The number of carbonyl (C=O) groups is 2. The molecule has 0 radical (unpaired) electrons. The molecule has 0 aliphatic rings. The largest absolute Gasteiger partial charge is 0.350 e. The fraction of sp³-hybridized carbons (Fsp3) is 0.278. The molecule has 1 unspecified atom stereocenters. The first-order valence-corrected chi connectivity index (χ1v) is 17.1. The van der Waals surface area contributed by atoms with Gasteiger partial charge in [-0.3, -0.25) is 13.9 Å². The van der Waals surface area contributed by atoms with Crippen molar-refractivity contribution in [1.82, 2.24) is 10.2 Å². The summed E-state index contributed by atoms with van der Waals surface area (Å²) in [6.07, 6.45) is 0.211. The maximum Gasteiger partial charge on any atom is 0.264 e. The number of anilines is 1. The van der Waals surface area contributed by atoms with Crippen molar-refractivity contribution in [3.05, 3.63) is 129 Å². The van der Waals surface area contributed by atoms with Crippen LogP contribution >= 0.6 is 23.2 Å². The first kappa shape index (κ1) is 35.0. The molecule has 1 atom stereocenters. The second-order valence-corrected chi connectivity index (χ2v) is 15.1. The molecular weight excluding hydrogens is 641 g/mol. The van der Waals surface area contributed by atoms with Crippen LogP contribution in [0.3, 0.4) is 0 Å². The van der Waals surface area contributed by atoms with Gasteiger partial charge in [-0.05, 0) is 105 Å². The van der Waals surface area contributed by atoms with Crippen molar-refractivity contribution >= 4 is 50.7 Å². The molecule has 7 nitrogen and oxygen atoms in total. The zero-order chi connectivity index (χ0) is 33.6. The number of carbonyl (C=O) groups excluding carboxylic acids is 2. The van der Waals surface area contributed by atoms with E-state index in [2.05, 4.69) is 5.32 Å². The molecule has 0 aliphatic heterocycles. The van der Waals surface area contributed by atoms with Crippen LogP contribution in [-0.4, -0.2) is 43.3 Å². The third kappa shape index (κ3) is 9.12. The molecule has 0 fully saturated rings. The Hall–Kier alpha value is -3.85. The maximum atomic E-state index is 14.6. The number of halogens is 2. The van der Waals surface area contributed by atoms with Gasteiger partial charge < -0.3 is 10.2 Å². The average Bonchev–Trinajstić information content (AvgIpc) is 2.99. The number of aryl methyl sites for hydroxylation is 2. The average molecular weight is 681 g/mol. The zero-order valence-corrected chi connectivity index (χ0v) is 29.0. The van der Waals surface area contributed by atoms with Crippen LogP contribution < -0.4 is 9.62 Å². The summed E-state index contributed by atoms with van der Waals surface area (Å²) in [7, 11) is -4.24. The van der Waals surface area contributed by atoms with Crippen LogP contribution in [0.25, 0.3) is 0 Å². The highest BCUT2D eigenvalue weighted by molar-refractivity contribution is 7.92. The summed E-state index contributed by atoms with van der Waals surface area (Å²) in [6, 6.07) is 26.5. The Bertz CT molecular complexity index is 1790. The normalized spacial score (nSPS) is 12.3. The van der Waals surface area contributed by atoms with Crippen LogP contribution in [0.15, 0.2) is 102 Å². The monoisotopic (exact) mass is 679 g/mol. The van der Waals surface area contributed by atoms with Crippen LogP contribution in [-0.2, 0) is 32.6 Å². The predicted molar refractivity (Wildman–Crippen MR) is 186 cm³/mol. The van der Waals surface area contributed by atoms with E-state index in [1.807, 2.05) is 77.1 Å². The number of nitrogens with zero attached hydrogens (tertiary/aromatic N) is 2. The SMILES string of the molecule is Cc1ccc(N(CC(=O)N(Cc2cccc(Cl)c2)C(Cc2ccccc2)C(=O)NC(C)(C)C)S(=O)(=O)c2ccc(Cl)cc2)cc1C. The molecule has 0 heterocycles. The standard InChI is InChI=1S/C36H39Cl2N3O4S/c1-25-14-17-31(20-26(25)2)41(46(44,45)32-18-15-29(37)16-19-32)24-34(42)40(23-28-12-9-13-30(38)21-28)33(35(43)39-36(3,4)5)22-27-10-7-6-8-11-27/h6-21,33H,22-24H2,1-5H3,(H,39,43). The van der Waals surface area contributed by atoms with E-state index < -0.39 is 34.1 Å². The van der Waals surface area contributed by atoms with Crippen molar-refractivity contribution in [1.29, 1.82) is 0 Å². The van der Waals surface area contributed by atoms with Crippen molar-refractivity contribution < 1.29 is 18.0 Å². The highest BCUT2D eigenvalue weighted by atomic mass is 35.5. The first-order valence-electron chi connectivity index (χ1n) is 14.9. The van der Waals surface area contributed by atoms with E-state index in [-0.39, 0.29) is 23.8 Å². The fourth-order valence-corrected chi connectivity index (χ4v) is 6.73. The van der Waals surface area contributed by atoms with E-state index in [1.165, 1.54) is 29.2 Å². The number of hydrogen-bond acceptors (Lipinski definition) is 4. The van der Waals surface area contributed by atoms with E-state index in [4.69, 9.17) is 23.2 Å². The molecule has 4 rings (SSSR count). The number of nitrogens with one attached hydrogen (secondary N) is 1. The number of rotatable bonds is 11. The lowest BCUT2D eigenvalue weighted by Gasteiger charge is -2.35. The van der Waals surface area contributed by atoms with Gasteiger partial charge in [-0.2, -0.15) is 0 Å². The molecule has 242 valence electrons. The van der Waals surface area contributed by atoms with Gasteiger partial charge in [-0.15, -0.1) is 0 Å². The lowest BCUT2D eigenvalue weighted by Crippen LogP contribution is -2.56. The van der Waals surface area contributed by atoms with Gasteiger partial charge in [0.05, 0.1) is 10.6 Å². The second-order valence-electron chi connectivity index (χ2n) is 12.3. The van der Waals surface area contributed by atoms with Crippen molar-refractivity contribution in [2.24, 2.45) is 0 Å². The molecule has 4 aromatic rings. The Morgan fingerprint density at radius 2 is 1.43 bits per heavy atom. The molecule has 10 heteroatoms. The van der Waals surface area contributed by atoms with E-state index in [1.54, 1.807) is 30.3 Å². The first-order chi connectivity index (χ1) is 21.6. The number of benzene rings is 4. The summed E-state index contributed by atoms with van der Waals surface area (Å²) >= 11 is 12.4. The summed E-state index contributed by atoms with van der Waals surface area (Å²) in [5, 5.41) is 3.89. The van der Waals surface area contributed by atoms with Crippen LogP contribution in [0.2, 0.25) is 10.0 Å². The summed E-state index contributed by atoms with van der Waals surface area (Å²) in [6.45, 7) is 8.89. The number of amides is 2. The van der Waals surface area contributed by atoms with E-state index in [9.17, 15) is 18.0 Å². The molecule has 0 saturated carbocycles. The smallest absolute Gasteiger partial charge is 0.264 e. The number of hydrogen-bond donors (Lipinski definition) is 1. The summed E-state index contributed by atoms with van der Waals surface area (Å²) in [5.74, 6) is -0.911. The highest BCUT2D eigenvalue weighted by Gasteiger charge is 2.35. The lowest BCUT2D eigenvalue weighted by atomic mass is 10.0. The molecule has 0 spiro atoms. The molecule has 2 amide bonds. The van der Waals surface area contributed by atoms with Crippen molar-refractivity contribution in [2.75, 3.05) is 10.8 Å². The van der Waals surface area contributed by atoms with E-state index in [0.717, 1.165) is 21.0 Å². The van der Waals surface area contributed by atoms with E-state index >= 15 is 0 Å². The Morgan fingerprint density at radius 3 is 2.04 bits per heavy atom. The van der Waals surface area contributed by atoms with Crippen molar-refractivity contribution in [3.63, 3.8) is 0 Å². The molecule has 0 saturated heterocycles. The third-order valence-corrected chi connectivity index (χ3v) is 9.75. The molecule has 4 aromatic carbocycles. The van der Waals surface area contributed by atoms with Crippen LogP contribution in [0, 0.1) is 13.8 Å². The lowest BCUT2D eigenvalue weighted by molar-refractivity contribution is -0.140. The molecule has 46 heavy (non-hydrogen) atoms. The molecule has 0 aliphatic carbocycles. The van der Waals surface area contributed by atoms with Gasteiger partial charge in [0.2, 0.25) is 11.8 Å². The molecular formula is C36H39Cl2N3O4S. The second kappa shape index (κ2) is 14.7. The Labute approximate surface area is 282 Å². The quantitative estimate of drug-likeness (QED) is 0.179. The maximum absolute atomic E-state index is 14.6. The summed E-state index contributed by atoms with van der Waals surface area (Å²) < 4.78 is 29.5. The Balaban J connectivity index is 1.84. The van der Waals surface area contributed by atoms with Gasteiger partial charge in [0.15, 0.2) is 0 Å². The highest BCUT2D eigenvalue weighted by Crippen LogP contribution is 2.28. The minimum atomic E-state index is -4.24. The van der Waals surface area contributed by atoms with Gasteiger partial charge in [0, 0.05) is 28.5 Å². The van der Waals surface area contributed by atoms with Crippen molar-refractivity contribution in [3.8, 4) is 0 Å². The summed E-state index contributed by atoms with van der Waals surface area (Å²) in [4.78, 5) is 30.0. The third-order valence-electron chi connectivity index (χ3n) is 7.47. The van der Waals surface area contributed by atoms with E-state index in [0.29, 0.717) is 21.3 Å². The van der Waals surface area contributed by atoms with Crippen LogP contribution in [0.4, 0.5) is 5.69 Å². The zero-order valence-electron chi connectivity index (χ0n) is 26.6. The van der Waals surface area contributed by atoms with Crippen molar-refractivity contribution in [2.45, 2.75) is 64.1 Å². The van der Waals surface area contributed by atoms with Gasteiger partial charge in [-0.25, -0.2) is 8.42 Å². The van der Waals surface area contributed by atoms with Crippen LogP contribution in [0.5, 0.6) is 0 Å². The summed E-state index contributed by atoms with van der Waals surface area (Å²) in [5.41, 5.74) is 3.13. The Morgan fingerprint density at radius 1 is 0.783 bits per heavy atom. The van der Waals surface area contributed by atoms with Crippen LogP contribution in [0.1, 0.15) is 43.0 Å². The van der Waals surface area contributed by atoms with Gasteiger partial charge >= 0.3 is 0 Å². The molecule has 1 N–H and O–H groups in total. The fourth-order valence-electron chi connectivity index (χ4n) is 4.98. The molecule has 0 bridgehead atoms. The van der Waals surface area contributed by atoms with Gasteiger partial charge in [0.1, 0.15) is 12.6 Å². The van der Waals surface area contributed by atoms with Gasteiger partial charge in [-0.1, -0.05) is 71.7 Å². The predicted octanol–water partition coefficient (Wildman–Crippen LogP) is 7.36. The van der Waals surface area contributed by atoms with Gasteiger partial charge in [0.25, 0.3) is 10.0 Å². The Kier molecular flexibility index (Phi) is 11.2. The molecule has 0 aromatic heterocycles. The minimum Gasteiger partial charge on any atom is -0.350 e. The number of sulfonamides is 1.